The van der Waals surface area contributed by atoms with Crippen LogP contribution in [0.4, 0.5) is 0 Å². The van der Waals surface area contributed by atoms with Crippen molar-refractivity contribution < 1.29 is 23.8 Å². The number of carbonyl (C=O) groups excluding carboxylic acids is 2. The molecular formula is C21H26O5. The lowest BCUT2D eigenvalue weighted by atomic mass is 10.0. The SMILES string of the molecule is CC(COC(=O)CC1=CCCC=C1)OC(C)COC(=O)c1ccccc1. The van der Waals surface area contributed by atoms with Crippen LogP contribution in [0, 0.1) is 0 Å². The Hall–Kier alpha value is -2.40. The lowest BCUT2D eigenvalue weighted by molar-refractivity contribution is -0.148. The molecule has 2 rings (SSSR count). The molecule has 0 saturated carbocycles. The zero-order valence-corrected chi connectivity index (χ0v) is 15.4. The van der Waals surface area contributed by atoms with Crippen LogP contribution in [0.2, 0.25) is 0 Å². The zero-order chi connectivity index (χ0) is 18.8. The van der Waals surface area contributed by atoms with Gasteiger partial charge in [-0.2, -0.15) is 0 Å². The second-order valence-electron chi connectivity index (χ2n) is 6.34. The van der Waals surface area contributed by atoms with Crippen molar-refractivity contribution in [3.8, 4) is 0 Å². The molecule has 5 heteroatoms. The molecule has 0 amide bonds. The summed E-state index contributed by atoms with van der Waals surface area (Å²) in [7, 11) is 0. The highest BCUT2D eigenvalue weighted by Gasteiger charge is 2.15. The van der Waals surface area contributed by atoms with E-state index in [2.05, 4.69) is 12.2 Å². The highest BCUT2D eigenvalue weighted by atomic mass is 16.6. The Bertz CT molecular complexity index is 648. The van der Waals surface area contributed by atoms with E-state index in [0.717, 1.165) is 18.4 Å². The molecule has 2 unspecified atom stereocenters. The molecule has 26 heavy (non-hydrogen) atoms. The summed E-state index contributed by atoms with van der Waals surface area (Å²) in [6.07, 6.45) is 7.80. The molecule has 0 fully saturated rings. The minimum absolute atomic E-state index is 0.143. The first-order valence-electron chi connectivity index (χ1n) is 8.93. The van der Waals surface area contributed by atoms with Gasteiger partial charge in [0.15, 0.2) is 0 Å². The van der Waals surface area contributed by atoms with Crippen LogP contribution >= 0.6 is 0 Å². The van der Waals surface area contributed by atoms with Crippen molar-refractivity contribution in [1.29, 1.82) is 0 Å². The third-order valence-corrected chi connectivity index (χ3v) is 3.82. The number of rotatable bonds is 9. The van der Waals surface area contributed by atoms with Gasteiger partial charge in [0.05, 0.1) is 24.2 Å². The number of hydrogen-bond donors (Lipinski definition) is 0. The first-order valence-corrected chi connectivity index (χ1v) is 8.93. The van der Waals surface area contributed by atoms with E-state index >= 15 is 0 Å². The molecule has 0 bridgehead atoms. The maximum Gasteiger partial charge on any atom is 0.338 e. The van der Waals surface area contributed by atoms with E-state index in [4.69, 9.17) is 14.2 Å². The van der Waals surface area contributed by atoms with Gasteiger partial charge in [0.25, 0.3) is 0 Å². The average molecular weight is 358 g/mol. The van der Waals surface area contributed by atoms with E-state index in [1.165, 1.54) is 0 Å². The molecule has 1 aromatic rings. The smallest absolute Gasteiger partial charge is 0.338 e. The van der Waals surface area contributed by atoms with Crippen LogP contribution in [0.15, 0.2) is 54.1 Å². The molecule has 0 radical (unpaired) electrons. The zero-order valence-electron chi connectivity index (χ0n) is 15.4. The molecule has 140 valence electrons. The molecule has 5 nitrogen and oxygen atoms in total. The Morgan fingerprint density at radius 2 is 1.69 bits per heavy atom. The van der Waals surface area contributed by atoms with Gasteiger partial charge in [0.2, 0.25) is 0 Å². The lowest BCUT2D eigenvalue weighted by Crippen LogP contribution is -2.27. The largest absolute Gasteiger partial charge is 0.463 e. The second kappa shape index (κ2) is 10.6. The van der Waals surface area contributed by atoms with Gasteiger partial charge in [-0.1, -0.05) is 36.4 Å². The Morgan fingerprint density at radius 1 is 1.00 bits per heavy atom. The fraction of sp³-hybridized carbons (Fsp3) is 0.429. The molecule has 1 aliphatic carbocycles. The van der Waals surface area contributed by atoms with E-state index in [9.17, 15) is 9.59 Å². The van der Waals surface area contributed by atoms with Crippen LogP contribution in [0.1, 0.15) is 43.5 Å². The van der Waals surface area contributed by atoms with Crippen LogP contribution < -0.4 is 0 Å². The molecule has 1 aliphatic rings. The average Bonchev–Trinajstić information content (AvgIpc) is 2.66. The molecule has 2 atom stereocenters. The van der Waals surface area contributed by atoms with E-state index in [1.807, 2.05) is 26.0 Å². The van der Waals surface area contributed by atoms with Gasteiger partial charge in [0, 0.05) is 0 Å². The summed E-state index contributed by atoms with van der Waals surface area (Å²) >= 11 is 0. The van der Waals surface area contributed by atoms with Crippen LogP contribution in [-0.4, -0.2) is 37.4 Å². The lowest BCUT2D eigenvalue weighted by Gasteiger charge is -2.19. The van der Waals surface area contributed by atoms with Gasteiger partial charge in [0.1, 0.15) is 13.2 Å². The third-order valence-electron chi connectivity index (χ3n) is 3.82. The molecule has 0 aromatic heterocycles. The molecule has 0 heterocycles. The molecule has 0 aliphatic heterocycles. The van der Waals surface area contributed by atoms with Crippen LogP contribution in [-0.2, 0) is 19.0 Å². The summed E-state index contributed by atoms with van der Waals surface area (Å²) in [5.41, 5.74) is 1.50. The minimum Gasteiger partial charge on any atom is -0.463 e. The topological polar surface area (TPSA) is 61.8 Å². The first kappa shape index (κ1) is 19.9. The fourth-order valence-electron chi connectivity index (χ4n) is 2.55. The van der Waals surface area contributed by atoms with E-state index < -0.39 is 0 Å². The third kappa shape index (κ3) is 7.23. The standard InChI is InChI=1S/C21H26O5/c1-16(14-24-20(22)13-18-9-5-3-6-10-18)26-17(2)15-25-21(23)19-11-7-4-8-12-19/h4-5,7-12,16-17H,3,6,13-15H2,1-2H3. The molecular weight excluding hydrogens is 332 g/mol. The van der Waals surface area contributed by atoms with E-state index in [-0.39, 0.29) is 43.8 Å². The summed E-state index contributed by atoms with van der Waals surface area (Å²) in [4.78, 5) is 23.7. The Kier molecular flexibility index (Phi) is 8.09. The summed E-state index contributed by atoms with van der Waals surface area (Å²) in [6, 6.07) is 8.81. The summed E-state index contributed by atoms with van der Waals surface area (Å²) in [5, 5.41) is 0. The van der Waals surface area contributed by atoms with Crippen molar-refractivity contribution in [2.24, 2.45) is 0 Å². The van der Waals surface area contributed by atoms with Gasteiger partial charge < -0.3 is 14.2 Å². The van der Waals surface area contributed by atoms with Gasteiger partial charge in [-0.25, -0.2) is 4.79 Å². The Labute approximate surface area is 154 Å². The Morgan fingerprint density at radius 3 is 2.35 bits per heavy atom. The number of allylic oxidation sites excluding steroid dienone is 3. The number of hydrogen-bond acceptors (Lipinski definition) is 5. The van der Waals surface area contributed by atoms with Crippen molar-refractivity contribution >= 4 is 11.9 Å². The van der Waals surface area contributed by atoms with Crippen LogP contribution in [0.25, 0.3) is 0 Å². The molecule has 0 N–H and O–H groups in total. The number of benzene rings is 1. The summed E-state index contributed by atoms with van der Waals surface area (Å²) in [5.74, 6) is -0.643. The van der Waals surface area contributed by atoms with Crippen molar-refractivity contribution in [2.75, 3.05) is 13.2 Å². The maximum absolute atomic E-state index is 11.9. The number of esters is 2. The molecule has 1 aromatic carbocycles. The monoisotopic (exact) mass is 358 g/mol. The quantitative estimate of drug-likeness (QED) is 0.628. The highest BCUT2D eigenvalue weighted by molar-refractivity contribution is 5.89. The molecule has 0 spiro atoms. The van der Waals surface area contributed by atoms with Crippen molar-refractivity contribution in [3.05, 3.63) is 59.7 Å². The summed E-state index contributed by atoms with van der Waals surface area (Å²) < 4.78 is 16.2. The van der Waals surface area contributed by atoms with Gasteiger partial charge in [-0.05, 0) is 44.4 Å². The predicted molar refractivity (Wildman–Crippen MR) is 98.8 cm³/mol. The fourth-order valence-corrected chi connectivity index (χ4v) is 2.55. The first-order chi connectivity index (χ1) is 12.5. The Balaban J connectivity index is 1.63. The van der Waals surface area contributed by atoms with Crippen LogP contribution in [0.5, 0.6) is 0 Å². The van der Waals surface area contributed by atoms with Gasteiger partial charge in [-0.3, -0.25) is 4.79 Å². The van der Waals surface area contributed by atoms with Gasteiger partial charge in [-0.15, -0.1) is 0 Å². The number of carbonyl (C=O) groups is 2. The number of ether oxygens (including phenoxy) is 3. The van der Waals surface area contributed by atoms with Crippen molar-refractivity contribution in [3.63, 3.8) is 0 Å². The van der Waals surface area contributed by atoms with Crippen LogP contribution in [0.3, 0.4) is 0 Å². The summed E-state index contributed by atoms with van der Waals surface area (Å²) in [6.45, 7) is 3.95. The van der Waals surface area contributed by atoms with Crippen molar-refractivity contribution in [2.45, 2.75) is 45.3 Å². The second-order valence-corrected chi connectivity index (χ2v) is 6.34. The minimum atomic E-state index is -0.381. The maximum atomic E-state index is 11.9. The highest BCUT2D eigenvalue weighted by Crippen LogP contribution is 2.14. The van der Waals surface area contributed by atoms with E-state index in [0.29, 0.717) is 5.56 Å². The van der Waals surface area contributed by atoms with Gasteiger partial charge >= 0.3 is 11.9 Å². The predicted octanol–water partition coefficient (Wildman–Crippen LogP) is 3.85. The normalized spacial score (nSPS) is 15.7. The molecule has 0 saturated heterocycles. The van der Waals surface area contributed by atoms with Crippen molar-refractivity contribution in [1.82, 2.24) is 0 Å². The van der Waals surface area contributed by atoms with E-state index in [1.54, 1.807) is 24.3 Å².